The molecule has 1 aromatic heterocycles. The van der Waals surface area contributed by atoms with E-state index < -0.39 is 0 Å². The van der Waals surface area contributed by atoms with Crippen LogP contribution < -0.4 is 5.32 Å². The molecule has 0 bridgehead atoms. The molecule has 1 aliphatic rings. The Morgan fingerprint density at radius 2 is 2.04 bits per heavy atom. The van der Waals surface area contributed by atoms with Crippen molar-refractivity contribution in [2.45, 2.75) is 50.2 Å². The maximum absolute atomic E-state index is 12.0. The summed E-state index contributed by atoms with van der Waals surface area (Å²) in [5.41, 5.74) is 1.88. The average molecular weight is 331 g/mol. The second-order valence-corrected chi connectivity index (χ2v) is 6.82. The maximum Gasteiger partial charge on any atom is 0.277 e. The van der Waals surface area contributed by atoms with Crippen LogP contribution in [0.5, 0.6) is 0 Å². The van der Waals surface area contributed by atoms with Gasteiger partial charge in [-0.15, -0.1) is 10.2 Å². The van der Waals surface area contributed by atoms with Gasteiger partial charge in [-0.05, 0) is 31.4 Å². The monoisotopic (exact) mass is 331 g/mol. The molecule has 0 unspecified atom stereocenters. The summed E-state index contributed by atoms with van der Waals surface area (Å²) in [6, 6.07) is 7.72. The first kappa shape index (κ1) is 16.1. The van der Waals surface area contributed by atoms with Crippen molar-refractivity contribution >= 4 is 23.4 Å². The van der Waals surface area contributed by atoms with Gasteiger partial charge in [0.25, 0.3) is 5.22 Å². The summed E-state index contributed by atoms with van der Waals surface area (Å²) >= 11 is 1.29. The standard InChI is InChI=1S/C17H21N3O2S/c1-12-7-5-6-10-14(12)18-15(21)11-23-17-20-19-16(22-17)13-8-3-2-4-9-13/h5-7,10,13H,2-4,8-9,11H2,1H3,(H,18,21). The third-order valence-electron chi connectivity index (χ3n) is 4.12. The van der Waals surface area contributed by atoms with Crippen molar-refractivity contribution in [1.29, 1.82) is 0 Å². The van der Waals surface area contributed by atoms with E-state index in [-0.39, 0.29) is 11.7 Å². The smallest absolute Gasteiger partial charge is 0.277 e. The predicted octanol–water partition coefficient (Wildman–Crippen LogP) is 4.16. The number of aromatic nitrogens is 2. The number of amides is 1. The van der Waals surface area contributed by atoms with Crippen LogP contribution in [0.15, 0.2) is 33.9 Å². The van der Waals surface area contributed by atoms with Crippen LogP contribution in [-0.4, -0.2) is 21.9 Å². The van der Waals surface area contributed by atoms with Gasteiger partial charge in [-0.2, -0.15) is 0 Å². The van der Waals surface area contributed by atoms with Crippen LogP contribution in [0.25, 0.3) is 0 Å². The number of benzene rings is 1. The van der Waals surface area contributed by atoms with Crippen molar-refractivity contribution in [2.24, 2.45) is 0 Å². The Morgan fingerprint density at radius 1 is 1.26 bits per heavy atom. The Kier molecular flexibility index (Phi) is 5.33. The fourth-order valence-electron chi connectivity index (χ4n) is 2.82. The van der Waals surface area contributed by atoms with Gasteiger partial charge >= 0.3 is 0 Å². The van der Waals surface area contributed by atoms with E-state index in [0.29, 0.717) is 11.1 Å². The fourth-order valence-corrected chi connectivity index (χ4v) is 3.39. The van der Waals surface area contributed by atoms with Gasteiger partial charge in [0.2, 0.25) is 11.8 Å². The molecule has 1 saturated carbocycles. The van der Waals surface area contributed by atoms with Gasteiger partial charge in [0.15, 0.2) is 0 Å². The molecule has 1 aromatic carbocycles. The van der Waals surface area contributed by atoms with Crippen molar-refractivity contribution in [3.8, 4) is 0 Å². The van der Waals surface area contributed by atoms with Crippen LogP contribution >= 0.6 is 11.8 Å². The Bertz CT molecular complexity index is 665. The van der Waals surface area contributed by atoms with Crippen molar-refractivity contribution in [3.05, 3.63) is 35.7 Å². The number of anilines is 1. The van der Waals surface area contributed by atoms with Crippen LogP contribution in [0.3, 0.4) is 0 Å². The molecule has 23 heavy (non-hydrogen) atoms. The molecule has 0 aliphatic heterocycles. The van der Waals surface area contributed by atoms with Gasteiger partial charge in [0.05, 0.1) is 5.75 Å². The summed E-state index contributed by atoms with van der Waals surface area (Å²) in [7, 11) is 0. The van der Waals surface area contributed by atoms with Crippen LogP contribution in [0.4, 0.5) is 5.69 Å². The van der Waals surface area contributed by atoms with Crippen molar-refractivity contribution < 1.29 is 9.21 Å². The average Bonchev–Trinajstić information content (AvgIpc) is 3.05. The molecular formula is C17H21N3O2S. The zero-order valence-corrected chi connectivity index (χ0v) is 14.1. The molecular weight excluding hydrogens is 310 g/mol. The lowest BCUT2D eigenvalue weighted by atomic mass is 9.89. The quantitative estimate of drug-likeness (QED) is 0.833. The largest absolute Gasteiger partial charge is 0.416 e. The first-order chi connectivity index (χ1) is 11.2. The summed E-state index contributed by atoms with van der Waals surface area (Å²) in [6.07, 6.45) is 6.01. The van der Waals surface area contributed by atoms with E-state index in [1.54, 1.807) is 0 Å². The number of para-hydroxylation sites is 1. The van der Waals surface area contributed by atoms with E-state index in [0.717, 1.165) is 30.0 Å². The minimum atomic E-state index is -0.0679. The summed E-state index contributed by atoms with van der Waals surface area (Å²) in [4.78, 5) is 12.0. The predicted molar refractivity (Wildman–Crippen MR) is 90.7 cm³/mol. The van der Waals surface area contributed by atoms with Gasteiger partial charge in [-0.25, -0.2) is 0 Å². The Morgan fingerprint density at radius 3 is 2.83 bits per heavy atom. The normalized spacial score (nSPS) is 15.5. The summed E-state index contributed by atoms with van der Waals surface area (Å²) in [6.45, 7) is 1.97. The highest BCUT2D eigenvalue weighted by Crippen LogP contribution is 2.32. The van der Waals surface area contributed by atoms with E-state index in [9.17, 15) is 4.79 Å². The number of carbonyl (C=O) groups excluding carboxylic acids is 1. The summed E-state index contributed by atoms with van der Waals surface area (Å²) in [5, 5.41) is 11.6. The number of hydrogen-bond donors (Lipinski definition) is 1. The maximum atomic E-state index is 12.0. The molecule has 2 aromatic rings. The van der Waals surface area contributed by atoms with Gasteiger partial charge < -0.3 is 9.73 Å². The molecule has 3 rings (SSSR count). The number of rotatable bonds is 5. The van der Waals surface area contributed by atoms with Gasteiger partial charge in [-0.1, -0.05) is 49.2 Å². The highest BCUT2D eigenvalue weighted by molar-refractivity contribution is 7.99. The van der Waals surface area contributed by atoms with Crippen LogP contribution in [0.1, 0.15) is 49.5 Å². The molecule has 6 heteroatoms. The molecule has 0 saturated heterocycles. The van der Waals surface area contributed by atoms with Gasteiger partial charge in [0.1, 0.15) is 0 Å². The zero-order chi connectivity index (χ0) is 16.1. The van der Waals surface area contributed by atoms with Crippen LogP contribution in [0.2, 0.25) is 0 Å². The van der Waals surface area contributed by atoms with Crippen molar-refractivity contribution in [3.63, 3.8) is 0 Å². The lowest BCUT2D eigenvalue weighted by Crippen LogP contribution is -2.14. The fraction of sp³-hybridized carbons (Fsp3) is 0.471. The molecule has 0 radical (unpaired) electrons. The molecule has 1 aliphatic carbocycles. The SMILES string of the molecule is Cc1ccccc1NC(=O)CSc1nnc(C2CCCCC2)o1. The summed E-state index contributed by atoms with van der Waals surface area (Å²) in [5.74, 6) is 1.32. The zero-order valence-electron chi connectivity index (χ0n) is 13.2. The molecule has 0 atom stereocenters. The minimum absolute atomic E-state index is 0.0679. The second kappa shape index (κ2) is 7.64. The highest BCUT2D eigenvalue weighted by atomic mass is 32.2. The number of nitrogens with zero attached hydrogens (tertiary/aromatic N) is 2. The molecule has 122 valence electrons. The third-order valence-corrected chi connectivity index (χ3v) is 4.94. The van der Waals surface area contributed by atoms with E-state index in [2.05, 4.69) is 15.5 Å². The number of hydrogen-bond acceptors (Lipinski definition) is 5. The number of carbonyl (C=O) groups is 1. The van der Waals surface area contributed by atoms with Gasteiger partial charge in [0, 0.05) is 11.6 Å². The molecule has 5 nitrogen and oxygen atoms in total. The number of nitrogens with one attached hydrogen (secondary N) is 1. The molecule has 0 spiro atoms. The summed E-state index contributed by atoms with van der Waals surface area (Å²) < 4.78 is 5.71. The number of thioether (sulfide) groups is 1. The molecule has 1 N–H and O–H groups in total. The van der Waals surface area contributed by atoms with Crippen molar-refractivity contribution in [1.82, 2.24) is 10.2 Å². The first-order valence-electron chi connectivity index (χ1n) is 8.04. The molecule has 1 heterocycles. The van der Waals surface area contributed by atoms with Crippen LogP contribution in [0, 0.1) is 6.92 Å². The van der Waals surface area contributed by atoms with E-state index in [4.69, 9.17) is 4.42 Å². The van der Waals surface area contributed by atoms with E-state index >= 15 is 0 Å². The van der Waals surface area contributed by atoms with Crippen molar-refractivity contribution in [2.75, 3.05) is 11.1 Å². The number of aryl methyl sites for hydroxylation is 1. The molecule has 1 fully saturated rings. The first-order valence-corrected chi connectivity index (χ1v) is 9.02. The Labute approximate surface area is 140 Å². The van der Waals surface area contributed by atoms with E-state index in [1.165, 1.54) is 31.0 Å². The second-order valence-electron chi connectivity index (χ2n) is 5.89. The van der Waals surface area contributed by atoms with Gasteiger partial charge in [-0.3, -0.25) is 4.79 Å². The van der Waals surface area contributed by atoms with Crippen LogP contribution in [-0.2, 0) is 4.79 Å². The highest BCUT2D eigenvalue weighted by Gasteiger charge is 2.21. The molecule has 1 amide bonds. The third kappa shape index (κ3) is 4.34. The van der Waals surface area contributed by atoms with E-state index in [1.807, 2.05) is 31.2 Å². The minimum Gasteiger partial charge on any atom is -0.416 e. The Balaban J connectivity index is 1.51. The lowest BCUT2D eigenvalue weighted by Gasteiger charge is -2.17. The topological polar surface area (TPSA) is 68.0 Å². The lowest BCUT2D eigenvalue weighted by molar-refractivity contribution is -0.113. The Hall–Kier alpha value is -1.82.